The fourth-order valence-corrected chi connectivity index (χ4v) is 4.60. The molecule has 0 radical (unpaired) electrons. The lowest BCUT2D eigenvalue weighted by molar-refractivity contribution is -0.115. The van der Waals surface area contributed by atoms with Crippen LogP contribution in [0.1, 0.15) is 37.6 Å². The van der Waals surface area contributed by atoms with Crippen molar-refractivity contribution in [1.82, 2.24) is 9.78 Å². The smallest absolute Gasteiger partial charge is 0.343 e. The molecule has 2 aromatic rings. The number of amides is 2. The normalized spacial score (nSPS) is 12.0. The Morgan fingerprint density at radius 1 is 1.09 bits per heavy atom. The van der Waals surface area contributed by atoms with E-state index in [0.717, 1.165) is 0 Å². The van der Waals surface area contributed by atoms with Crippen molar-refractivity contribution < 1.29 is 32.3 Å². The minimum atomic E-state index is -4.19. The summed E-state index contributed by atoms with van der Waals surface area (Å²) in [6.45, 7) is 5.41. The molecule has 12 heteroatoms. The number of nitrogens with one attached hydrogen (secondary N) is 2. The SMILES string of the molecule is CCOC(=O)c1cnn(C)c1NC(=O)C(CC)S(=O)(=O)CC(=O)Nc1ccccc1OCC. The highest BCUT2D eigenvalue weighted by Crippen LogP contribution is 2.24. The van der Waals surface area contributed by atoms with E-state index in [9.17, 15) is 22.8 Å². The van der Waals surface area contributed by atoms with Gasteiger partial charge in [-0.2, -0.15) is 5.10 Å². The molecule has 0 aliphatic carbocycles. The van der Waals surface area contributed by atoms with E-state index in [2.05, 4.69) is 15.7 Å². The number of carbonyl (C=O) groups excluding carboxylic acids is 3. The first-order valence-corrected chi connectivity index (χ1v) is 12.1. The molecule has 0 saturated carbocycles. The molecule has 2 amide bonds. The number of aromatic nitrogens is 2. The second kappa shape index (κ2) is 11.5. The Hall–Kier alpha value is -3.41. The third-order valence-corrected chi connectivity index (χ3v) is 6.64. The van der Waals surface area contributed by atoms with Crippen LogP contribution < -0.4 is 15.4 Å². The second-order valence-corrected chi connectivity index (χ2v) is 9.11. The monoisotopic (exact) mass is 480 g/mol. The lowest BCUT2D eigenvalue weighted by Crippen LogP contribution is -2.39. The average molecular weight is 481 g/mol. The quantitative estimate of drug-likeness (QED) is 0.463. The molecule has 0 spiro atoms. The van der Waals surface area contributed by atoms with Crippen molar-refractivity contribution >= 4 is 39.1 Å². The predicted octanol–water partition coefficient (Wildman–Crippen LogP) is 1.77. The maximum atomic E-state index is 12.9. The molecule has 0 fully saturated rings. The van der Waals surface area contributed by atoms with Crippen molar-refractivity contribution in [2.24, 2.45) is 7.05 Å². The van der Waals surface area contributed by atoms with Gasteiger partial charge in [-0.3, -0.25) is 14.3 Å². The average Bonchev–Trinajstić information content (AvgIpc) is 3.10. The van der Waals surface area contributed by atoms with E-state index in [1.165, 1.54) is 24.9 Å². The van der Waals surface area contributed by atoms with Crippen molar-refractivity contribution in [3.8, 4) is 5.75 Å². The van der Waals surface area contributed by atoms with Crippen LogP contribution in [0.25, 0.3) is 0 Å². The molecule has 1 aromatic carbocycles. The molecule has 180 valence electrons. The van der Waals surface area contributed by atoms with Gasteiger partial charge in [0, 0.05) is 7.05 Å². The third-order valence-electron chi connectivity index (χ3n) is 4.57. The minimum Gasteiger partial charge on any atom is -0.492 e. The Morgan fingerprint density at radius 2 is 1.79 bits per heavy atom. The van der Waals surface area contributed by atoms with Gasteiger partial charge in [-0.05, 0) is 32.4 Å². The first-order valence-electron chi connectivity index (χ1n) is 10.4. The van der Waals surface area contributed by atoms with Crippen LogP contribution in [0.3, 0.4) is 0 Å². The Morgan fingerprint density at radius 3 is 2.42 bits per heavy atom. The number of ether oxygens (including phenoxy) is 2. The first kappa shape index (κ1) is 25.8. The number of nitrogens with zero attached hydrogens (tertiary/aromatic N) is 2. The van der Waals surface area contributed by atoms with Crippen molar-refractivity contribution in [1.29, 1.82) is 0 Å². The van der Waals surface area contributed by atoms with E-state index in [0.29, 0.717) is 18.0 Å². The molecule has 1 atom stereocenters. The highest BCUT2D eigenvalue weighted by atomic mass is 32.2. The fraction of sp³-hybridized carbons (Fsp3) is 0.429. The zero-order valence-electron chi connectivity index (χ0n) is 19.0. The van der Waals surface area contributed by atoms with Crippen molar-refractivity contribution in [2.45, 2.75) is 32.4 Å². The van der Waals surface area contributed by atoms with Crippen LogP contribution >= 0.6 is 0 Å². The Labute approximate surface area is 192 Å². The van der Waals surface area contributed by atoms with Gasteiger partial charge in [0.15, 0.2) is 9.84 Å². The molecule has 0 saturated heterocycles. The van der Waals surface area contributed by atoms with E-state index >= 15 is 0 Å². The van der Waals surface area contributed by atoms with Crippen molar-refractivity contribution in [3.05, 3.63) is 36.0 Å². The molecule has 11 nitrogen and oxygen atoms in total. The van der Waals surface area contributed by atoms with Crippen molar-refractivity contribution in [2.75, 3.05) is 29.6 Å². The number of rotatable bonds is 11. The number of anilines is 2. The van der Waals surface area contributed by atoms with E-state index in [4.69, 9.17) is 9.47 Å². The number of para-hydroxylation sites is 2. The molecule has 0 bridgehead atoms. The number of esters is 1. The lowest BCUT2D eigenvalue weighted by Gasteiger charge is -2.17. The summed E-state index contributed by atoms with van der Waals surface area (Å²) in [5, 5.41) is 7.34. The van der Waals surface area contributed by atoms with E-state index in [1.807, 2.05) is 0 Å². The van der Waals surface area contributed by atoms with Crippen LogP contribution in [0, 0.1) is 0 Å². The highest BCUT2D eigenvalue weighted by molar-refractivity contribution is 7.93. The second-order valence-electron chi connectivity index (χ2n) is 6.92. The Kier molecular flexibility index (Phi) is 8.97. The van der Waals surface area contributed by atoms with Gasteiger partial charge in [0.05, 0.1) is 25.1 Å². The number of sulfone groups is 1. The van der Waals surface area contributed by atoms with Gasteiger partial charge >= 0.3 is 5.97 Å². The summed E-state index contributed by atoms with van der Waals surface area (Å²) < 4.78 is 37.3. The minimum absolute atomic E-state index is 0.00203. The molecule has 2 rings (SSSR count). The van der Waals surface area contributed by atoms with E-state index < -0.39 is 38.6 Å². The Balaban J connectivity index is 2.16. The molecule has 1 heterocycles. The number of aryl methyl sites for hydroxylation is 1. The van der Waals surface area contributed by atoms with Gasteiger partial charge in [-0.25, -0.2) is 13.2 Å². The fourth-order valence-electron chi connectivity index (χ4n) is 3.06. The molecule has 1 aromatic heterocycles. The van der Waals surface area contributed by atoms with Gasteiger partial charge < -0.3 is 20.1 Å². The van der Waals surface area contributed by atoms with Crippen LogP contribution in [0.15, 0.2) is 30.5 Å². The molecule has 1 unspecified atom stereocenters. The van der Waals surface area contributed by atoms with Crippen LogP contribution in [0.2, 0.25) is 0 Å². The van der Waals surface area contributed by atoms with Crippen LogP contribution in [-0.4, -0.2) is 60.2 Å². The summed E-state index contributed by atoms with van der Waals surface area (Å²) in [4.78, 5) is 37.4. The summed E-state index contributed by atoms with van der Waals surface area (Å²) in [6, 6.07) is 6.62. The number of hydrogen-bond donors (Lipinski definition) is 2. The molecule has 33 heavy (non-hydrogen) atoms. The van der Waals surface area contributed by atoms with Gasteiger partial charge in [0.25, 0.3) is 0 Å². The molecule has 0 aliphatic rings. The Bertz CT molecular complexity index is 1110. The number of hydrogen-bond acceptors (Lipinski definition) is 8. The van der Waals surface area contributed by atoms with E-state index in [1.54, 1.807) is 38.1 Å². The summed E-state index contributed by atoms with van der Waals surface area (Å²) >= 11 is 0. The molecular weight excluding hydrogens is 452 g/mol. The standard InChI is InChI=1S/C21H28N4O7S/c1-5-17(20(27)24-19-14(12-22-25(19)4)21(28)32-7-3)33(29,30)13-18(26)23-15-10-8-9-11-16(15)31-6-2/h8-12,17H,5-7,13H2,1-4H3,(H,23,26)(H,24,27). The summed E-state index contributed by atoms with van der Waals surface area (Å²) in [7, 11) is -2.70. The van der Waals surface area contributed by atoms with Gasteiger partial charge in [0.1, 0.15) is 28.1 Å². The third kappa shape index (κ3) is 6.54. The first-order chi connectivity index (χ1) is 15.6. The molecule has 0 aliphatic heterocycles. The zero-order chi connectivity index (χ0) is 24.6. The van der Waals surface area contributed by atoms with Crippen LogP contribution in [0.5, 0.6) is 5.75 Å². The van der Waals surface area contributed by atoms with Crippen LogP contribution in [0.4, 0.5) is 11.5 Å². The molecule has 2 N–H and O–H groups in total. The van der Waals surface area contributed by atoms with Gasteiger partial charge in [-0.1, -0.05) is 19.1 Å². The van der Waals surface area contributed by atoms with Gasteiger partial charge in [0.2, 0.25) is 11.8 Å². The summed E-state index contributed by atoms with van der Waals surface area (Å²) in [5.41, 5.74) is 0.316. The lowest BCUT2D eigenvalue weighted by atomic mass is 10.3. The zero-order valence-corrected chi connectivity index (χ0v) is 19.8. The maximum Gasteiger partial charge on any atom is 0.343 e. The maximum absolute atomic E-state index is 12.9. The number of carbonyl (C=O) groups is 3. The highest BCUT2D eigenvalue weighted by Gasteiger charge is 2.34. The summed E-state index contributed by atoms with van der Waals surface area (Å²) in [5.74, 6) is -2.89. The van der Waals surface area contributed by atoms with E-state index in [-0.39, 0.29) is 24.4 Å². The van der Waals surface area contributed by atoms with Gasteiger partial charge in [-0.15, -0.1) is 0 Å². The van der Waals surface area contributed by atoms with Crippen molar-refractivity contribution in [3.63, 3.8) is 0 Å². The topological polar surface area (TPSA) is 146 Å². The predicted molar refractivity (Wildman–Crippen MR) is 122 cm³/mol. The number of benzene rings is 1. The van der Waals surface area contributed by atoms with Crippen LogP contribution in [-0.2, 0) is 31.2 Å². The summed E-state index contributed by atoms with van der Waals surface area (Å²) in [6.07, 6.45) is 1.13. The largest absolute Gasteiger partial charge is 0.492 e. The molecular formula is C21H28N4O7S.